The maximum Gasteiger partial charge on any atom is 0.241 e. The van der Waals surface area contributed by atoms with E-state index in [1.54, 1.807) is 12.4 Å². The van der Waals surface area contributed by atoms with Crippen LogP contribution in [0, 0.1) is 0 Å². The van der Waals surface area contributed by atoms with Crippen LogP contribution in [0.2, 0.25) is 0 Å². The number of benzene rings is 1. The lowest BCUT2D eigenvalue weighted by atomic mass is 9.94. The molecule has 6 heteroatoms. The summed E-state index contributed by atoms with van der Waals surface area (Å²) < 4.78 is 5.90. The lowest BCUT2D eigenvalue weighted by molar-refractivity contribution is -0.119. The number of para-hydroxylation sites is 1. The molecule has 1 aromatic carbocycles. The summed E-state index contributed by atoms with van der Waals surface area (Å²) in [7, 11) is 0. The average Bonchev–Trinajstić information content (AvgIpc) is 2.56. The topological polar surface area (TPSA) is 81.3 Å². The van der Waals surface area contributed by atoms with Crippen LogP contribution in [0.5, 0.6) is 11.6 Å². The number of hydrogen-bond donors (Lipinski definition) is 1. The Hall–Kier alpha value is -2.47. The second kappa shape index (κ2) is 7.19. The van der Waals surface area contributed by atoms with Crippen LogP contribution in [0.3, 0.4) is 0 Å². The standard InChI is InChI=1S/C17H20N4O2/c18-15(22)12-21-10-4-5-13(11-21)16-17(20-9-8-19-16)23-14-6-2-1-3-7-14/h1-3,6-9,13H,4-5,10-12H2,(H2,18,22). The number of nitrogens with two attached hydrogens (primary N) is 1. The van der Waals surface area contributed by atoms with Gasteiger partial charge < -0.3 is 10.5 Å². The van der Waals surface area contributed by atoms with Gasteiger partial charge in [0.1, 0.15) is 11.4 Å². The number of piperidine rings is 1. The molecule has 0 spiro atoms. The molecule has 2 heterocycles. The van der Waals surface area contributed by atoms with Gasteiger partial charge in [-0.3, -0.25) is 14.7 Å². The Labute approximate surface area is 135 Å². The van der Waals surface area contributed by atoms with E-state index >= 15 is 0 Å². The number of nitrogens with zero attached hydrogens (tertiary/aromatic N) is 3. The molecule has 0 radical (unpaired) electrons. The van der Waals surface area contributed by atoms with Crippen molar-refractivity contribution in [1.29, 1.82) is 0 Å². The lowest BCUT2D eigenvalue weighted by Gasteiger charge is -2.31. The van der Waals surface area contributed by atoms with Gasteiger partial charge in [-0.05, 0) is 31.5 Å². The Balaban J connectivity index is 1.78. The van der Waals surface area contributed by atoms with Crippen LogP contribution in [0.15, 0.2) is 42.7 Å². The molecule has 3 rings (SSSR count). The number of hydrogen-bond acceptors (Lipinski definition) is 5. The first-order valence-corrected chi connectivity index (χ1v) is 7.77. The first kappa shape index (κ1) is 15.4. The minimum Gasteiger partial charge on any atom is -0.437 e. The van der Waals surface area contributed by atoms with Gasteiger partial charge in [0.05, 0.1) is 6.54 Å². The Morgan fingerprint density at radius 3 is 2.83 bits per heavy atom. The highest BCUT2D eigenvalue weighted by molar-refractivity contribution is 5.75. The maximum atomic E-state index is 11.1. The number of amides is 1. The first-order valence-electron chi connectivity index (χ1n) is 7.77. The minimum absolute atomic E-state index is 0.190. The van der Waals surface area contributed by atoms with Gasteiger partial charge in [-0.2, -0.15) is 0 Å². The molecule has 1 fully saturated rings. The highest BCUT2D eigenvalue weighted by atomic mass is 16.5. The highest BCUT2D eigenvalue weighted by Crippen LogP contribution is 2.32. The molecule has 1 saturated heterocycles. The van der Waals surface area contributed by atoms with Crippen molar-refractivity contribution in [1.82, 2.24) is 14.9 Å². The van der Waals surface area contributed by atoms with Crippen molar-refractivity contribution in [3.8, 4) is 11.6 Å². The molecule has 120 valence electrons. The largest absolute Gasteiger partial charge is 0.437 e. The number of ether oxygens (including phenoxy) is 1. The molecular formula is C17H20N4O2. The Kier molecular flexibility index (Phi) is 4.83. The molecule has 0 saturated carbocycles. The van der Waals surface area contributed by atoms with E-state index in [1.807, 2.05) is 30.3 Å². The zero-order valence-electron chi connectivity index (χ0n) is 12.9. The quantitative estimate of drug-likeness (QED) is 0.912. The van der Waals surface area contributed by atoms with Crippen LogP contribution in [0.25, 0.3) is 0 Å². The molecule has 6 nitrogen and oxygen atoms in total. The van der Waals surface area contributed by atoms with Gasteiger partial charge in [-0.15, -0.1) is 0 Å². The summed E-state index contributed by atoms with van der Waals surface area (Å²) in [6, 6.07) is 9.55. The average molecular weight is 312 g/mol. The number of carbonyl (C=O) groups excluding carboxylic acids is 1. The van der Waals surface area contributed by atoms with Crippen LogP contribution >= 0.6 is 0 Å². The monoisotopic (exact) mass is 312 g/mol. The normalized spacial score (nSPS) is 18.5. The van der Waals surface area contributed by atoms with Crippen LogP contribution in [0.1, 0.15) is 24.5 Å². The van der Waals surface area contributed by atoms with Gasteiger partial charge in [-0.1, -0.05) is 18.2 Å². The van der Waals surface area contributed by atoms with Gasteiger partial charge in [0.2, 0.25) is 11.8 Å². The summed E-state index contributed by atoms with van der Waals surface area (Å²) in [5.41, 5.74) is 6.14. The first-order chi connectivity index (χ1) is 11.2. The van der Waals surface area contributed by atoms with Gasteiger partial charge >= 0.3 is 0 Å². The fourth-order valence-electron chi connectivity index (χ4n) is 2.94. The van der Waals surface area contributed by atoms with Crippen LogP contribution < -0.4 is 10.5 Å². The minimum atomic E-state index is -0.300. The Morgan fingerprint density at radius 2 is 2.04 bits per heavy atom. The zero-order chi connectivity index (χ0) is 16.1. The molecule has 1 unspecified atom stereocenters. The molecule has 23 heavy (non-hydrogen) atoms. The molecule has 1 aliphatic rings. The number of aromatic nitrogens is 2. The van der Waals surface area contributed by atoms with Crippen LogP contribution in [0.4, 0.5) is 0 Å². The van der Waals surface area contributed by atoms with Gasteiger partial charge in [0.25, 0.3) is 0 Å². The molecule has 2 aromatic rings. The van der Waals surface area contributed by atoms with E-state index in [2.05, 4.69) is 14.9 Å². The maximum absolute atomic E-state index is 11.1. The smallest absolute Gasteiger partial charge is 0.241 e. The molecule has 1 amide bonds. The van der Waals surface area contributed by atoms with Crippen molar-refractivity contribution in [3.63, 3.8) is 0 Å². The molecule has 1 aliphatic heterocycles. The van der Waals surface area contributed by atoms with Crippen molar-refractivity contribution in [2.75, 3.05) is 19.6 Å². The summed E-state index contributed by atoms with van der Waals surface area (Å²) >= 11 is 0. The number of rotatable bonds is 5. The third-order valence-corrected chi connectivity index (χ3v) is 3.92. The van der Waals surface area contributed by atoms with Crippen LogP contribution in [-0.4, -0.2) is 40.4 Å². The molecule has 1 aromatic heterocycles. The predicted octanol–water partition coefficient (Wildman–Crippen LogP) is 1.93. The molecule has 2 N–H and O–H groups in total. The van der Waals surface area contributed by atoms with E-state index < -0.39 is 0 Å². The van der Waals surface area contributed by atoms with Gasteiger partial charge in [0.15, 0.2) is 0 Å². The van der Waals surface area contributed by atoms with E-state index in [0.29, 0.717) is 5.88 Å². The van der Waals surface area contributed by atoms with E-state index in [0.717, 1.165) is 37.4 Å². The van der Waals surface area contributed by atoms with Crippen molar-refractivity contribution in [3.05, 3.63) is 48.4 Å². The summed E-state index contributed by atoms with van der Waals surface area (Å²) in [4.78, 5) is 22.0. The lowest BCUT2D eigenvalue weighted by Crippen LogP contribution is -2.40. The fourth-order valence-corrected chi connectivity index (χ4v) is 2.94. The number of primary amides is 1. The van der Waals surface area contributed by atoms with E-state index in [1.165, 1.54) is 0 Å². The van der Waals surface area contributed by atoms with E-state index in [9.17, 15) is 4.79 Å². The summed E-state index contributed by atoms with van der Waals surface area (Å²) in [6.45, 7) is 1.91. The van der Waals surface area contributed by atoms with Crippen molar-refractivity contribution in [2.24, 2.45) is 5.73 Å². The Morgan fingerprint density at radius 1 is 1.26 bits per heavy atom. The summed E-state index contributed by atoms with van der Waals surface area (Å²) in [5, 5.41) is 0. The molecule has 0 aliphatic carbocycles. The van der Waals surface area contributed by atoms with Gasteiger partial charge in [-0.25, -0.2) is 4.98 Å². The number of carbonyl (C=O) groups is 1. The predicted molar refractivity (Wildman–Crippen MR) is 86.2 cm³/mol. The zero-order valence-corrected chi connectivity index (χ0v) is 12.9. The van der Waals surface area contributed by atoms with Gasteiger partial charge in [0, 0.05) is 24.9 Å². The third-order valence-electron chi connectivity index (χ3n) is 3.92. The summed E-state index contributed by atoms with van der Waals surface area (Å²) in [5.74, 6) is 1.16. The highest BCUT2D eigenvalue weighted by Gasteiger charge is 2.26. The third kappa shape index (κ3) is 4.04. The van der Waals surface area contributed by atoms with E-state index in [4.69, 9.17) is 10.5 Å². The van der Waals surface area contributed by atoms with E-state index in [-0.39, 0.29) is 18.4 Å². The van der Waals surface area contributed by atoms with Crippen molar-refractivity contribution in [2.45, 2.75) is 18.8 Å². The SMILES string of the molecule is NC(=O)CN1CCCC(c2nccnc2Oc2ccccc2)C1. The second-order valence-corrected chi connectivity index (χ2v) is 5.70. The molecule has 0 bridgehead atoms. The van der Waals surface area contributed by atoms with Crippen molar-refractivity contribution >= 4 is 5.91 Å². The van der Waals surface area contributed by atoms with Crippen molar-refractivity contribution < 1.29 is 9.53 Å². The molecular weight excluding hydrogens is 292 g/mol. The Bertz CT molecular complexity index is 663. The molecule has 1 atom stereocenters. The summed E-state index contributed by atoms with van der Waals surface area (Å²) in [6.07, 6.45) is 5.31. The fraction of sp³-hybridized carbons (Fsp3) is 0.353. The number of likely N-dealkylation sites (tertiary alicyclic amines) is 1. The second-order valence-electron chi connectivity index (χ2n) is 5.70. The van der Waals surface area contributed by atoms with Crippen LogP contribution in [-0.2, 0) is 4.79 Å².